The van der Waals surface area contributed by atoms with Gasteiger partial charge in [0.05, 0.1) is 11.3 Å². The van der Waals surface area contributed by atoms with Gasteiger partial charge in [-0.15, -0.1) is 0 Å². The minimum atomic E-state index is 0.238. The van der Waals surface area contributed by atoms with Crippen molar-refractivity contribution in [2.24, 2.45) is 0 Å². The summed E-state index contributed by atoms with van der Waals surface area (Å²) >= 11 is 0. The van der Waals surface area contributed by atoms with Crippen LogP contribution in [-0.2, 0) is 19.3 Å². The molecule has 2 atom stereocenters. The van der Waals surface area contributed by atoms with Crippen molar-refractivity contribution in [1.29, 1.82) is 5.26 Å². The Morgan fingerprint density at radius 1 is 1.38 bits per heavy atom. The van der Waals surface area contributed by atoms with Crippen LogP contribution in [0.15, 0.2) is 24.4 Å². The minimum Gasteiger partial charge on any atom is -0.398 e. The molecule has 1 aromatic heterocycles. The van der Waals surface area contributed by atoms with Crippen LogP contribution in [0.1, 0.15) is 86.1 Å². The highest BCUT2D eigenvalue weighted by Crippen LogP contribution is 2.41. The SMILES string of the molecule is C=C(C)Nc1nc(CC)nc2c1CCC(c1c([C@@H](C)CC)ccc(N)c1C#N)C2. The molecule has 2 aromatic rings. The number of anilines is 2. The summed E-state index contributed by atoms with van der Waals surface area (Å²) < 4.78 is 0. The molecule has 0 saturated heterocycles. The van der Waals surface area contributed by atoms with E-state index in [0.717, 1.165) is 60.7 Å². The van der Waals surface area contributed by atoms with Gasteiger partial charge in [0.2, 0.25) is 0 Å². The van der Waals surface area contributed by atoms with E-state index in [9.17, 15) is 5.26 Å². The molecule has 152 valence electrons. The predicted molar refractivity (Wildman–Crippen MR) is 119 cm³/mol. The summed E-state index contributed by atoms with van der Waals surface area (Å²) in [6.07, 6.45) is 4.44. The Morgan fingerprint density at radius 2 is 2.14 bits per heavy atom. The van der Waals surface area contributed by atoms with Gasteiger partial charge in [-0.2, -0.15) is 5.26 Å². The molecule has 0 aliphatic heterocycles. The number of allylic oxidation sites excluding steroid dienone is 1. The zero-order valence-corrected chi connectivity index (χ0v) is 18.0. The molecule has 3 rings (SSSR count). The first kappa shape index (κ1) is 20.9. The average Bonchev–Trinajstić information content (AvgIpc) is 2.71. The summed E-state index contributed by atoms with van der Waals surface area (Å²) in [5.74, 6) is 2.34. The van der Waals surface area contributed by atoms with Crippen molar-refractivity contribution >= 4 is 11.5 Å². The van der Waals surface area contributed by atoms with Gasteiger partial charge < -0.3 is 11.1 Å². The zero-order chi connectivity index (χ0) is 21.1. The number of fused-ring (bicyclic) bond motifs is 1. The Morgan fingerprint density at radius 3 is 2.76 bits per heavy atom. The molecular weight excluding hydrogens is 358 g/mol. The maximum Gasteiger partial charge on any atom is 0.137 e. The number of benzene rings is 1. The van der Waals surface area contributed by atoms with Gasteiger partial charge in [-0.05, 0) is 61.6 Å². The van der Waals surface area contributed by atoms with E-state index in [1.165, 1.54) is 11.1 Å². The highest BCUT2D eigenvalue weighted by Gasteiger charge is 2.29. The summed E-state index contributed by atoms with van der Waals surface area (Å²) in [7, 11) is 0. The maximum absolute atomic E-state index is 9.85. The summed E-state index contributed by atoms with van der Waals surface area (Å²) in [5.41, 5.74) is 12.9. The minimum absolute atomic E-state index is 0.238. The Bertz CT molecular complexity index is 970. The molecule has 0 bridgehead atoms. The molecule has 1 aromatic carbocycles. The van der Waals surface area contributed by atoms with Crippen molar-refractivity contribution in [3.8, 4) is 6.07 Å². The van der Waals surface area contributed by atoms with Gasteiger partial charge in [-0.1, -0.05) is 33.4 Å². The third kappa shape index (κ3) is 4.12. The molecule has 1 heterocycles. The molecule has 3 N–H and O–H groups in total. The van der Waals surface area contributed by atoms with Crippen LogP contribution in [0, 0.1) is 11.3 Å². The van der Waals surface area contributed by atoms with Gasteiger partial charge in [0, 0.05) is 23.4 Å². The second kappa shape index (κ2) is 8.65. The van der Waals surface area contributed by atoms with Crippen molar-refractivity contribution in [2.75, 3.05) is 11.1 Å². The first-order valence-corrected chi connectivity index (χ1v) is 10.5. The molecule has 29 heavy (non-hydrogen) atoms. The third-order valence-corrected chi connectivity index (χ3v) is 5.94. The molecular formula is C24H31N5. The fourth-order valence-corrected chi connectivity index (χ4v) is 4.24. The standard InChI is InChI=1S/C24H31N5/c1-6-15(5)17-10-11-20(26)19(13-25)23(17)16-8-9-18-21(12-16)28-22(7-2)29-24(18)27-14(3)4/h10-11,15-16H,3,6-9,12,26H2,1-2,4-5H3,(H,27,28,29)/t15-,16?/m0/s1. The van der Waals surface area contributed by atoms with Crippen LogP contribution >= 0.6 is 0 Å². The summed E-state index contributed by atoms with van der Waals surface area (Å²) in [6, 6.07) is 6.38. The maximum atomic E-state index is 9.85. The second-order valence-electron chi connectivity index (χ2n) is 8.07. The van der Waals surface area contributed by atoms with Crippen molar-refractivity contribution in [1.82, 2.24) is 9.97 Å². The van der Waals surface area contributed by atoms with E-state index in [0.29, 0.717) is 17.2 Å². The lowest BCUT2D eigenvalue weighted by molar-refractivity contribution is 0.556. The van der Waals surface area contributed by atoms with E-state index >= 15 is 0 Å². The van der Waals surface area contributed by atoms with Crippen molar-refractivity contribution in [3.63, 3.8) is 0 Å². The first-order valence-electron chi connectivity index (χ1n) is 10.5. The molecule has 5 nitrogen and oxygen atoms in total. The van der Waals surface area contributed by atoms with Crippen LogP contribution in [-0.4, -0.2) is 9.97 Å². The van der Waals surface area contributed by atoms with E-state index in [1.807, 2.05) is 13.0 Å². The van der Waals surface area contributed by atoms with E-state index in [2.05, 4.69) is 44.8 Å². The molecule has 0 radical (unpaired) electrons. The van der Waals surface area contributed by atoms with Gasteiger partial charge in [-0.25, -0.2) is 9.97 Å². The van der Waals surface area contributed by atoms with Gasteiger partial charge in [0.25, 0.3) is 0 Å². The van der Waals surface area contributed by atoms with Gasteiger partial charge >= 0.3 is 0 Å². The Hall–Kier alpha value is -2.87. The van der Waals surface area contributed by atoms with Crippen LogP contribution in [0.5, 0.6) is 0 Å². The Labute approximate surface area is 174 Å². The second-order valence-corrected chi connectivity index (χ2v) is 8.07. The van der Waals surface area contributed by atoms with E-state index in [-0.39, 0.29) is 5.92 Å². The van der Waals surface area contributed by atoms with E-state index in [1.54, 1.807) is 0 Å². The fraction of sp³-hybridized carbons (Fsp3) is 0.458. The normalized spacial score (nSPS) is 16.6. The van der Waals surface area contributed by atoms with Crippen molar-refractivity contribution < 1.29 is 0 Å². The molecule has 0 amide bonds. The number of nitrogens with one attached hydrogen (secondary N) is 1. The predicted octanol–water partition coefficient (Wildman–Crippen LogP) is 5.22. The summed E-state index contributed by atoms with van der Waals surface area (Å²) in [5, 5.41) is 13.2. The number of hydrogen-bond acceptors (Lipinski definition) is 5. The lowest BCUT2D eigenvalue weighted by Gasteiger charge is -2.30. The van der Waals surface area contributed by atoms with Crippen molar-refractivity contribution in [3.05, 3.63) is 58.2 Å². The monoisotopic (exact) mass is 389 g/mol. The number of nitrogen functional groups attached to an aromatic ring is 1. The van der Waals surface area contributed by atoms with E-state index < -0.39 is 0 Å². The van der Waals surface area contributed by atoms with Gasteiger partial charge in [0.1, 0.15) is 17.7 Å². The number of hydrogen-bond donors (Lipinski definition) is 2. The summed E-state index contributed by atoms with van der Waals surface area (Å²) in [6.45, 7) is 12.4. The molecule has 0 fully saturated rings. The molecule has 1 aliphatic carbocycles. The Balaban J connectivity index is 2.09. The third-order valence-electron chi connectivity index (χ3n) is 5.94. The molecule has 0 spiro atoms. The molecule has 5 heteroatoms. The Kier molecular flexibility index (Phi) is 6.22. The number of nitriles is 1. The smallest absolute Gasteiger partial charge is 0.137 e. The van der Waals surface area contributed by atoms with Gasteiger partial charge in [0.15, 0.2) is 0 Å². The topological polar surface area (TPSA) is 87.6 Å². The highest BCUT2D eigenvalue weighted by atomic mass is 15.0. The molecule has 1 unspecified atom stereocenters. The quantitative estimate of drug-likeness (QED) is 0.661. The highest BCUT2D eigenvalue weighted by molar-refractivity contribution is 5.63. The number of aromatic nitrogens is 2. The molecule has 0 saturated carbocycles. The lowest BCUT2D eigenvalue weighted by Crippen LogP contribution is -2.21. The average molecular weight is 390 g/mol. The first-order chi connectivity index (χ1) is 13.9. The summed E-state index contributed by atoms with van der Waals surface area (Å²) in [4.78, 5) is 9.55. The van der Waals surface area contributed by atoms with Crippen LogP contribution in [0.25, 0.3) is 0 Å². The number of nitrogens with zero attached hydrogens (tertiary/aromatic N) is 3. The van der Waals surface area contributed by atoms with Crippen LogP contribution in [0.4, 0.5) is 11.5 Å². The molecule has 1 aliphatic rings. The van der Waals surface area contributed by atoms with Crippen LogP contribution in [0.2, 0.25) is 0 Å². The largest absolute Gasteiger partial charge is 0.398 e. The fourth-order valence-electron chi connectivity index (χ4n) is 4.24. The zero-order valence-electron chi connectivity index (χ0n) is 18.0. The van der Waals surface area contributed by atoms with Crippen LogP contribution in [0.3, 0.4) is 0 Å². The number of rotatable bonds is 6. The van der Waals surface area contributed by atoms with Crippen LogP contribution < -0.4 is 11.1 Å². The van der Waals surface area contributed by atoms with Crippen molar-refractivity contribution in [2.45, 2.75) is 71.6 Å². The van der Waals surface area contributed by atoms with Gasteiger partial charge in [-0.3, -0.25) is 0 Å². The number of aryl methyl sites for hydroxylation is 1. The lowest BCUT2D eigenvalue weighted by atomic mass is 9.76. The van der Waals surface area contributed by atoms with E-state index in [4.69, 9.17) is 15.7 Å². The number of nitrogens with two attached hydrogens (primary N) is 1.